The minimum Gasteiger partial charge on any atom is -0.462 e. The first-order valence-electron chi connectivity index (χ1n) is 12.4. The van der Waals surface area contributed by atoms with Crippen LogP contribution < -0.4 is 10.2 Å². The van der Waals surface area contributed by atoms with Gasteiger partial charge in [0, 0.05) is 10.6 Å². The molecular formula is C30H30N2O4S. The van der Waals surface area contributed by atoms with Gasteiger partial charge in [0.05, 0.1) is 17.9 Å². The maximum atomic E-state index is 13.6. The Hall–Kier alpha value is -3.84. The average Bonchev–Trinajstić information content (AvgIpc) is 3.14. The fourth-order valence-corrected chi connectivity index (χ4v) is 4.82. The summed E-state index contributed by atoms with van der Waals surface area (Å²) in [4.78, 5) is 41.9. The van der Waals surface area contributed by atoms with Crippen LogP contribution in [0.2, 0.25) is 0 Å². The lowest BCUT2D eigenvalue weighted by molar-refractivity contribution is -0.120. The summed E-state index contributed by atoms with van der Waals surface area (Å²) in [6.45, 7) is 6.42. The van der Waals surface area contributed by atoms with E-state index in [1.165, 1.54) is 11.8 Å². The van der Waals surface area contributed by atoms with E-state index in [0.717, 1.165) is 45.9 Å². The number of nitrogens with zero attached hydrogens (tertiary/aromatic N) is 1. The number of benzene rings is 3. The number of amides is 2. The summed E-state index contributed by atoms with van der Waals surface area (Å²) < 4.78 is 5.27. The van der Waals surface area contributed by atoms with Gasteiger partial charge < -0.3 is 10.1 Å². The van der Waals surface area contributed by atoms with Gasteiger partial charge in [-0.3, -0.25) is 9.59 Å². The minimum absolute atomic E-state index is 0.236. The average molecular weight is 515 g/mol. The molecule has 0 unspecified atom stereocenters. The van der Waals surface area contributed by atoms with Crippen LogP contribution in [0.5, 0.6) is 0 Å². The third-order valence-corrected chi connectivity index (χ3v) is 7.12. The van der Waals surface area contributed by atoms with E-state index in [2.05, 4.69) is 5.32 Å². The van der Waals surface area contributed by atoms with Crippen molar-refractivity contribution in [2.75, 3.05) is 16.8 Å². The molecule has 3 aromatic carbocycles. The van der Waals surface area contributed by atoms with E-state index < -0.39 is 17.8 Å². The fraction of sp³-hybridized carbons (Fsp3) is 0.233. The molecule has 0 aromatic heterocycles. The van der Waals surface area contributed by atoms with Crippen LogP contribution in [0.4, 0.5) is 11.4 Å². The Balaban J connectivity index is 1.65. The number of imide groups is 1. The molecule has 0 aliphatic carbocycles. The van der Waals surface area contributed by atoms with Crippen LogP contribution in [0, 0.1) is 6.92 Å². The van der Waals surface area contributed by atoms with Crippen LogP contribution in [0.15, 0.2) is 88.3 Å². The molecule has 1 N–H and O–H groups in total. The molecule has 0 fully saturated rings. The highest BCUT2D eigenvalue weighted by Crippen LogP contribution is 2.38. The third-order valence-electron chi connectivity index (χ3n) is 6.03. The lowest BCUT2D eigenvalue weighted by Gasteiger charge is -2.16. The van der Waals surface area contributed by atoms with E-state index >= 15 is 0 Å². The van der Waals surface area contributed by atoms with E-state index in [1.54, 1.807) is 24.3 Å². The summed E-state index contributed by atoms with van der Waals surface area (Å²) in [5.74, 6) is -1.28. The number of hydrogen-bond donors (Lipinski definition) is 1. The van der Waals surface area contributed by atoms with Gasteiger partial charge >= 0.3 is 5.97 Å². The molecule has 7 heteroatoms. The molecule has 190 valence electrons. The first kappa shape index (κ1) is 26.2. The summed E-state index contributed by atoms with van der Waals surface area (Å²) in [6.07, 6.45) is 2.50. The smallest absolute Gasteiger partial charge is 0.338 e. The second kappa shape index (κ2) is 11.9. The number of esters is 1. The zero-order valence-electron chi connectivity index (χ0n) is 21.2. The maximum absolute atomic E-state index is 13.6. The Morgan fingerprint density at radius 2 is 1.62 bits per heavy atom. The van der Waals surface area contributed by atoms with Crippen LogP contribution in [0.1, 0.15) is 48.2 Å². The van der Waals surface area contributed by atoms with Gasteiger partial charge in [-0.2, -0.15) is 0 Å². The van der Waals surface area contributed by atoms with Gasteiger partial charge in [0.2, 0.25) is 0 Å². The van der Waals surface area contributed by atoms with Crippen LogP contribution in [0.25, 0.3) is 0 Å². The highest BCUT2D eigenvalue weighted by atomic mass is 32.2. The second-order valence-electron chi connectivity index (χ2n) is 8.74. The number of rotatable bonds is 10. The number of aryl methyl sites for hydroxylation is 2. The lowest BCUT2D eigenvalue weighted by Crippen LogP contribution is -2.32. The number of carbonyl (C=O) groups is 3. The zero-order valence-corrected chi connectivity index (χ0v) is 22.1. The molecule has 4 rings (SSSR count). The Labute approximate surface area is 221 Å². The second-order valence-corrected chi connectivity index (χ2v) is 9.82. The first-order valence-corrected chi connectivity index (χ1v) is 13.2. The number of anilines is 2. The number of nitrogens with one attached hydrogen (secondary N) is 1. The maximum Gasteiger partial charge on any atom is 0.338 e. The molecule has 2 amide bonds. The van der Waals surface area contributed by atoms with Crippen molar-refractivity contribution < 1.29 is 19.1 Å². The molecule has 0 atom stereocenters. The molecule has 37 heavy (non-hydrogen) atoms. The minimum atomic E-state index is -0.441. The van der Waals surface area contributed by atoms with Gasteiger partial charge in [0.25, 0.3) is 11.8 Å². The Bertz CT molecular complexity index is 1330. The number of hydrogen-bond acceptors (Lipinski definition) is 6. The van der Waals surface area contributed by atoms with Crippen LogP contribution in [-0.2, 0) is 20.7 Å². The summed E-state index contributed by atoms with van der Waals surface area (Å²) in [7, 11) is 0. The van der Waals surface area contributed by atoms with Crippen LogP contribution in [-0.4, -0.2) is 24.4 Å². The summed E-state index contributed by atoms with van der Waals surface area (Å²) >= 11 is 1.26. The predicted molar refractivity (Wildman–Crippen MR) is 148 cm³/mol. The van der Waals surface area contributed by atoms with Crippen LogP contribution >= 0.6 is 11.8 Å². The number of thioether (sulfide) groups is 1. The standard InChI is InChI=1S/C30H30N2O4S/c1-4-6-19-36-30(35)22-13-15-23(16-14-22)32-28(33)26(31-25-10-8-7-9-21(25)5-2)27(29(32)34)37-24-17-11-20(3)12-18-24/h7-18,31H,4-6,19H2,1-3H3. The van der Waals surface area contributed by atoms with Gasteiger partial charge in [0.1, 0.15) is 10.6 Å². The normalized spacial score (nSPS) is 13.3. The molecule has 0 bridgehead atoms. The van der Waals surface area contributed by atoms with Crippen LogP contribution in [0.3, 0.4) is 0 Å². The van der Waals surface area contributed by atoms with Crippen molar-refractivity contribution in [1.29, 1.82) is 0 Å². The van der Waals surface area contributed by atoms with E-state index in [-0.39, 0.29) is 5.70 Å². The van der Waals surface area contributed by atoms with Crippen molar-refractivity contribution in [3.05, 3.63) is 100 Å². The van der Waals surface area contributed by atoms with Crippen molar-refractivity contribution in [2.24, 2.45) is 0 Å². The molecule has 0 radical (unpaired) electrons. The van der Waals surface area contributed by atoms with Gasteiger partial charge in [0.15, 0.2) is 0 Å². The number of para-hydroxylation sites is 1. The zero-order chi connectivity index (χ0) is 26.4. The summed E-state index contributed by atoms with van der Waals surface area (Å²) in [5.41, 5.74) is 3.94. The van der Waals surface area contributed by atoms with E-state index in [4.69, 9.17) is 4.74 Å². The fourth-order valence-electron chi connectivity index (χ4n) is 3.90. The summed E-state index contributed by atoms with van der Waals surface area (Å²) in [6, 6.07) is 21.9. The van der Waals surface area contributed by atoms with Gasteiger partial charge in [-0.05, 0) is 67.8 Å². The molecule has 6 nitrogen and oxygen atoms in total. The topological polar surface area (TPSA) is 75.7 Å². The molecule has 0 spiro atoms. The Morgan fingerprint density at radius 3 is 2.30 bits per heavy atom. The Kier molecular flexibility index (Phi) is 8.46. The number of ether oxygens (including phenoxy) is 1. The summed E-state index contributed by atoms with van der Waals surface area (Å²) in [5, 5.41) is 3.25. The monoisotopic (exact) mass is 514 g/mol. The van der Waals surface area contributed by atoms with E-state index in [9.17, 15) is 14.4 Å². The number of unbranched alkanes of at least 4 members (excludes halogenated alkanes) is 1. The van der Waals surface area contributed by atoms with Crippen molar-refractivity contribution in [3.63, 3.8) is 0 Å². The van der Waals surface area contributed by atoms with Crippen molar-refractivity contribution in [1.82, 2.24) is 0 Å². The predicted octanol–water partition coefficient (Wildman–Crippen LogP) is 6.50. The molecule has 0 saturated carbocycles. The lowest BCUT2D eigenvalue weighted by atomic mass is 10.1. The Morgan fingerprint density at radius 1 is 0.919 bits per heavy atom. The highest BCUT2D eigenvalue weighted by Gasteiger charge is 2.40. The van der Waals surface area contributed by atoms with Crippen molar-refractivity contribution >= 4 is 40.9 Å². The highest BCUT2D eigenvalue weighted by molar-refractivity contribution is 8.04. The third kappa shape index (κ3) is 5.94. The van der Waals surface area contributed by atoms with E-state index in [0.29, 0.717) is 22.8 Å². The molecule has 1 heterocycles. The quantitative estimate of drug-likeness (QED) is 0.189. The SMILES string of the molecule is CCCCOC(=O)c1ccc(N2C(=O)C(Nc3ccccc3CC)=C(Sc3ccc(C)cc3)C2=O)cc1. The molecule has 0 saturated heterocycles. The van der Waals surface area contributed by atoms with Crippen molar-refractivity contribution in [3.8, 4) is 0 Å². The van der Waals surface area contributed by atoms with Gasteiger partial charge in [-0.25, -0.2) is 9.69 Å². The largest absolute Gasteiger partial charge is 0.462 e. The van der Waals surface area contributed by atoms with Gasteiger partial charge in [-0.15, -0.1) is 0 Å². The molecule has 1 aliphatic heterocycles. The van der Waals surface area contributed by atoms with Crippen molar-refractivity contribution in [2.45, 2.75) is 44.9 Å². The molecule has 3 aromatic rings. The first-order chi connectivity index (χ1) is 17.9. The van der Waals surface area contributed by atoms with Gasteiger partial charge in [-0.1, -0.05) is 67.9 Å². The number of carbonyl (C=O) groups excluding carboxylic acids is 3. The van der Waals surface area contributed by atoms with E-state index in [1.807, 2.05) is 69.3 Å². The molecular weight excluding hydrogens is 484 g/mol. The molecule has 1 aliphatic rings.